The molecular weight excluding hydrogens is 376 g/mol. The molecule has 28 heavy (non-hydrogen) atoms. The number of fused-ring (bicyclic) bond motifs is 1. The fraction of sp³-hybridized carbons (Fsp3) is 0.250. The largest absolute Gasteiger partial charge is 0.494 e. The predicted molar refractivity (Wildman–Crippen MR) is 108 cm³/mol. The number of aromatic nitrogens is 2. The quantitative estimate of drug-likeness (QED) is 0.648. The predicted octanol–water partition coefficient (Wildman–Crippen LogP) is 3.07. The van der Waals surface area contributed by atoms with Crippen molar-refractivity contribution in [2.24, 2.45) is 0 Å². The Morgan fingerprint density at radius 3 is 2.71 bits per heavy atom. The number of hydrogen-bond acceptors (Lipinski definition) is 5. The van der Waals surface area contributed by atoms with Crippen molar-refractivity contribution in [3.8, 4) is 11.4 Å². The zero-order valence-corrected chi connectivity index (χ0v) is 16.2. The van der Waals surface area contributed by atoms with Crippen LogP contribution < -0.4 is 10.1 Å². The van der Waals surface area contributed by atoms with Crippen LogP contribution in [0.1, 0.15) is 6.92 Å². The molecule has 1 aromatic heterocycles. The van der Waals surface area contributed by atoms with Gasteiger partial charge in [-0.2, -0.15) is 0 Å². The van der Waals surface area contributed by atoms with Gasteiger partial charge in [0, 0.05) is 18.8 Å². The Morgan fingerprint density at radius 2 is 2.00 bits per heavy atom. The van der Waals surface area contributed by atoms with Crippen LogP contribution in [-0.2, 0) is 4.79 Å². The third kappa shape index (κ3) is 3.55. The van der Waals surface area contributed by atoms with Gasteiger partial charge in [-0.15, -0.1) is 0 Å². The summed E-state index contributed by atoms with van der Waals surface area (Å²) in [5.74, 6) is 0.735. The van der Waals surface area contributed by atoms with Gasteiger partial charge in [0.15, 0.2) is 5.16 Å². The number of amides is 3. The molecule has 1 N–H and O–H groups in total. The third-order valence-corrected chi connectivity index (χ3v) is 5.34. The maximum absolute atomic E-state index is 12.4. The van der Waals surface area contributed by atoms with Gasteiger partial charge in [0.25, 0.3) is 0 Å². The molecule has 8 heteroatoms. The zero-order valence-electron chi connectivity index (χ0n) is 15.4. The average molecular weight is 396 g/mol. The molecule has 3 amide bonds. The monoisotopic (exact) mass is 396 g/mol. The fourth-order valence-corrected chi connectivity index (χ4v) is 4.03. The molecule has 1 aliphatic rings. The van der Waals surface area contributed by atoms with Crippen LogP contribution in [0, 0.1) is 0 Å². The first-order valence-corrected chi connectivity index (χ1v) is 10.1. The van der Waals surface area contributed by atoms with Crippen molar-refractivity contribution in [1.82, 2.24) is 19.8 Å². The molecule has 1 aliphatic heterocycles. The van der Waals surface area contributed by atoms with Crippen LogP contribution in [0.2, 0.25) is 0 Å². The lowest BCUT2D eigenvalue weighted by molar-refractivity contribution is -0.124. The average Bonchev–Trinajstić information content (AvgIpc) is 3.30. The molecule has 3 aromatic rings. The second-order valence-corrected chi connectivity index (χ2v) is 7.15. The van der Waals surface area contributed by atoms with Crippen molar-refractivity contribution in [2.75, 3.05) is 25.4 Å². The van der Waals surface area contributed by atoms with Crippen LogP contribution >= 0.6 is 11.8 Å². The Labute approximate surface area is 166 Å². The minimum atomic E-state index is -0.328. The van der Waals surface area contributed by atoms with Gasteiger partial charge < -0.3 is 10.1 Å². The lowest BCUT2D eigenvalue weighted by atomic mass is 10.2. The van der Waals surface area contributed by atoms with Gasteiger partial charge >= 0.3 is 6.03 Å². The van der Waals surface area contributed by atoms with E-state index in [-0.39, 0.29) is 17.7 Å². The summed E-state index contributed by atoms with van der Waals surface area (Å²) in [4.78, 5) is 30.0. The van der Waals surface area contributed by atoms with E-state index in [4.69, 9.17) is 4.74 Å². The maximum atomic E-state index is 12.4. The number of thioether (sulfide) groups is 1. The topological polar surface area (TPSA) is 76.5 Å². The Balaban J connectivity index is 1.63. The van der Waals surface area contributed by atoms with Crippen molar-refractivity contribution >= 4 is 34.7 Å². The lowest BCUT2D eigenvalue weighted by Crippen LogP contribution is -2.35. The first-order valence-electron chi connectivity index (χ1n) is 9.09. The van der Waals surface area contributed by atoms with Crippen LogP contribution in [0.5, 0.6) is 5.75 Å². The summed E-state index contributed by atoms with van der Waals surface area (Å²) in [6.07, 6.45) is 0. The first kappa shape index (κ1) is 18.4. The van der Waals surface area contributed by atoms with Gasteiger partial charge in [0.05, 0.1) is 23.4 Å². The molecule has 0 aliphatic carbocycles. The highest BCUT2D eigenvalue weighted by Gasteiger charge is 2.26. The smallest absolute Gasteiger partial charge is 0.324 e. The summed E-state index contributed by atoms with van der Waals surface area (Å²) >= 11 is 1.33. The molecule has 7 nitrogen and oxygen atoms in total. The number of urea groups is 1. The normalized spacial score (nSPS) is 13.8. The third-order valence-electron chi connectivity index (χ3n) is 4.42. The lowest BCUT2D eigenvalue weighted by Gasteiger charge is -2.13. The molecule has 0 atom stereocenters. The molecule has 2 aromatic carbocycles. The van der Waals surface area contributed by atoms with Crippen molar-refractivity contribution in [3.63, 3.8) is 0 Å². The SMILES string of the molecule is CCOc1ccc(-n2c(SCC(=O)N3CCNC3=O)nc3ccccc32)cc1. The van der Waals surface area contributed by atoms with E-state index in [0.717, 1.165) is 22.5 Å². The number of imidazole rings is 1. The molecule has 4 rings (SSSR count). The molecule has 0 unspecified atom stereocenters. The van der Waals surface area contributed by atoms with Crippen LogP contribution in [0.4, 0.5) is 4.79 Å². The van der Waals surface area contributed by atoms with E-state index in [1.54, 1.807) is 0 Å². The van der Waals surface area contributed by atoms with Crippen molar-refractivity contribution < 1.29 is 14.3 Å². The van der Waals surface area contributed by atoms with Gasteiger partial charge in [0.2, 0.25) is 5.91 Å². The summed E-state index contributed by atoms with van der Waals surface area (Å²) in [6, 6.07) is 15.3. The molecule has 2 heterocycles. The standard InChI is InChI=1S/C20H20N4O3S/c1-2-27-15-9-7-14(8-10-15)24-17-6-4-3-5-16(17)22-20(24)28-13-18(25)23-12-11-21-19(23)26/h3-10H,2,11-13H2,1H3,(H,21,26). The highest BCUT2D eigenvalue weighted by Crippen LogP contribution is 2.29. The molecule has 0 spiro atoms. The van der Waals surface area contributed by atoms with Gasteiger partial charge in [-0.25, -0.2) is 9.78 Å². The molecule has 0 radical (unpaired) electrons. The Hall–Kier alpha value is -3.00. The molecular formula is C20H20N4O3S. The first-order chi connectivity index (χ1) is 13.7. The number of carbonyl (C=O) groups excluding carboxylic acids is 2. The number of benzene rings is 2. The highest BCUT2D eigenvalue weighted by molar-refractivity contribution is 7.99. The van der Waals surface area contributed by atoms with Crippen molar-refractivity contribution in [3.05, 3.63) is 48.5 Å². The van der Waals surface area contributed by atoms with Gasteiger partial charge in [0.1, 0.15) is 5.75 Å². The van der Waals surface area contributed by atoms with Crippen molar-refractivity contribution in [1.29, 1.82) is 0 Å². The minimum absolute atomic E-state index is 0.147. The summed E-state index contributed by atoms with van der Waals surface area (Å²) in [5, 5.41) is 3.35. The summed E-state index contributed by atoms with van der Waals surface area (Å²) < 4.78 is 7.54. The zero-order chi connectivity index (χ0) is 19.5. The van der Waals surface area contributed by atoms with Gasteiger partial charge in [-0.05, 0) is 43.3 Å². The van der Waals surface area contributed by atoms with E-state index in [1.807, 2.05) is 60.0 Å². The van der Waals surface area contributed by atoms with Crippen LogP contribution in [0.15, 0.2) is 53.7 Å². The Bertz CT molecular complexity index is 1020. The van der Waals surface area contributed by atoms with Gasteiger partial charge in [-0.3, -0.25) is 14.3 Å². The van der Waals surface area contributed by atoms with Crippen LogP contribution in [0.25, 0.3) is 16.7 Å². The number of nitrogens with zero attached hydrogens (tertiary/aromatic N) is 3. The molecule has 1 saturated heterocycles. The maximum Gasteiger partial charge on any atom is 0.324 e. The summed E-state index contributed by atoms with van der Waals surface area (Å²) in [5.41, 5.74) is 2.75. The molecule has 0 saturated carbocycles. The van der Waals surface area contributed by atoms with Crippen molar-refractivity contribution in [2.45, 2.75) is 12.1 Å². The van der Waals surface area contributed by atoms with E-state index in [0.29, 0.717) is 24.9 Å². The number of para-hydroxylation sites is 2. The second kappa shape index (κ2) is 7.93. The fourth-order valence-electron chi connectivity index (χ4n) is 3.12. The van der Waals surface area contributed by atoms with E-state index in [2.05, 4.69) is 10.3 Å². The minimum Gasteiger partial charge on any atom is -0.494 e. The van der Waals surface area contributed by atoms with Crippen LogP contribution in [-0.4, -0.2) is 51.8 Å². The Morgan fingerprint density at radius 1 is 1.21 bits per heavy atom. The van der Waals surface area contributed by atoms with Gasteiger partial charge in [-0.1, -0.05) is 23.9 Å². The second-order valence-electron chi connectivity index (χ2n) is 6.21. The molecule has 1 fully saturated rings. The number of carbonyl (C=O) groups is 2. The highest BCUT2D eigenvalue weighted by atomic mass is 32.2. The molecule has 0 bridgehead atoms. The number of imide groups is 1. The summed E-state index contributed by atoms with van der Waals surface area (Å²) in [7, 11) is 0. The number of ether oxygens (including phenoxy) is 1. The van der Waals surface area contributed by atoms with Crippen LogP contribution in [0.3, 0.4) is 0 Å². The summed E-state index contributed by atoms with van der Waals surface area (Å²) in [6.45, 7) is 3.47. The van der Waals surface area contributed by atoms with E-state index < -0.39 is 0 Å². The molecule has 144 valence electrons. The number of hydrogen-bond donors (Lipinski definition) is 1. The van der Waals surface area contributed by atoms with E-state index >= 15 is 0 Å². The van der Waals surface area contributed by atoms with E-state index in [9.17, 15) is 9.59 Å². The number of nitrogens with one attached hydrogen (secondary N) is 1. The van der Waals surface area contributed by atoms with E-state index in [1.165, 1.54) is 16.7 Å². The Kier molecular flexibility index (Phi) is 5.21. The number of rotatable bonds is 6.